The Hall–Kier alpha value is -3.63. The summed E-state index contributed by atoms with van der Waals surface area (Å²) in [6, 6.07) is 3.85. The number of ether oxygens (including phenoxy) is 1. The number of rotatable bonds is 4. The maximum Gasteiger partial charge on any atom is 0.231 e. The van der Waals surface area contributed by atoms with Crippen molar-refractivity contribution in [1.82, 2.24) is 40.1 Å². The van der Waals surface area contributed by atoms with Crippen LogP contribution in [0.15, 0.2) is 12.1 Å². The van der Waals surface area contributed by atoms with Crippen molar-refractivity contribution in [2.45, 2.75) is 51.5 Å². The normalized spacial score (nSPS) is 20.2. The zero-order valence-electron chi connectivity index (χ0n) is 20.2. The maximum atomic E-state index is 13.3. The van der Waals surface area contributed by atoms with Crippen LogP contribution in [-0.2, 0) is 18.3 Å². The molecule has 34 heavy (non-hydrogen) atoms. The molecule has 178 valence electrons. The number of aromatic nitrogens is 7. The molecule has 1 N–H and O–H groups in total. The van der Waals surface area contributed by atoms with Crippen LogP contribution in [0.3, 0.4) is 0 Å². The van der Waals surface area contributed by atoms with Gasteiger partial charge in [-0.05, 0) is 56.9 Å². The molecule has 2 aliphatic rings. The molecule has 0 aromatic carbocycles. The fourth-order valence-corrected chi connectivity index (χ4v) is 4.91. The number of nitrogens with zero attached hydrogens (tertiary/aromatic N) is 8. The van der Waals surface area contributed by atoms with Gasteiger partial charge in [-0.25, -0.2) is 9.97 Å². The summed E-state index contributed by atoms with van der Waals surface area (Å²) in [4.78, 5) is 30.3. The molecule has 11 nitrogen and oxygen atoms in total. The number of tetrazole rings is 1. The Morgan fingerprint density at radius 2 is 2.03 bits per heavy atom. The van der Waals surface area contributed by atoms with Crippen molar-refractivity contribution in [2.75, 3.05) is 25.5 Å². The SMILES string of the molecule is COc1cc([C@H](C)C(=O)N2CC[C@@]3(CCc4cc(-c5nnn(C)n5)c(C)nc4N3)C2)nc(C)n1. The summed E-state index contributed by atoms with van der Waals surface area (Å²) in [6.45, 7) is 7.00. The van der Waals surface area contributed by atoms with Gasteiger partial charge in [0, 0.05) is 24.7 Å². The number of anilines is 1. The summed E-state index contributed by atoms with van der Waals surface area (Å²) in [5.41, 5.74) is 3.40. The Morgan fingerprint density at radius 1 is 1.21 bits per heavy atom. The summed E-state index contributed by atoms with van der Waals surface area (Å²) < 4.78 is 5.26. The number of carbonyl (C=O) groups excluding carboxylic acids is 1. The highest BCUT2D eigenvalue weighted by Crippen LogP contribution is 2.38. The first-order chi connectivity index (χ1) is 16.3. The van der Waals surface area contributed by atoms with Gasteiger partial charge in [-0.1, -0.05) is 0 Å². The van der Waals surface area contributed by atoms with Gasteiger partial charge in [0.2, 0.25) is 17.6 Å². The molecule has 1 amide bonds. The van der Waals surface area contributed by atoms with Gasteiger partial charge >= 0.3 is 0 Å². The van der Waals surface area contributed by atoms with E-state index in [2.05, 4.69) is 36.8 Å². The third-order valence-electron chi connectivity index (χ3n) is 6.82. The Labute approximate surface area is 198 Å². The Morgan fingerprint density at radius 3 is 2.76 bits per heavy atom. The zero-order chi connectivity index (χ0) is 24.0. The highest BCUT2D eigenvalue weighted by Gasteiger charge is 2.43. The lowest BCUT2D eigenvalue weighted by Gasteiger charge is -2.36. The summed E-state index contributed by atoms with van der Waals surface area (Å²) in [6.07, 6.45) is 2.69. The molecule has 3 aromatic heterocycles. The average molecular weight is 464 g/mol. The second kappa shape index (κ2) is 8.30. The fourth-order valence-electron chi connectivity index (χ4n) is 4.91. The van der Waals surface area contributed by atoms with Crippen molar-refractivity contribution >= 4 is 11.7 Å². The van der Waals surface area contributed by atoms with E-state index in [0.29, 0.717) is 36.3 Å². The summed E-state index contributed by atoms with van der Waals surface area (Å²) in [5, 5.41) is 16.1. The van der Waals surface area contributed by atoms with Crippen molar-refractivity contribution < 1.29 is 9.53 Å². The minimum Gasteiger partial charge on any atom is -0.481 e. The van der Waals surface area contributed by atoms with Gasteiger partial charge < -0.3 is 15.0 Å². The van der Waals surface area contributed by atoms with E-state index in [-0.39, 0.29) is 17.4 Å². The lowest BCUT2D eigenvalue weighted by molar-refractivity contribution is -0.131. The smallest absolute Gasteiger partial charge is 0.231 e. The van der Waals surface area contributed by atoms with Gasteiger partial charge in [-0.3, -0.25) is 4.79 Å². The molecular formula is C23H29N9O2. The Balaban J connectivity index is 1.32. The van der Waals surface area contributed by atoms with E-state index < -0.39 is 0 Å². The number of hydrogen-bond acceptors (Lipinski definition) is 9. The Bertz CT molecular complexity index is 1260. The van der Waals surface area contributed by atoms with E-state index in [9.17, 15) is 4.79 Å². The number of aryl methyl sites for hydroxylation is 4. The molecule has 11 heteroatoms. The van der Waals surface area contributed by atoms with Gasteiger partial charge in [0.05, 0.1) is 37.0 Å². The van der Waals surface area contributed by atoms with E-state index in [1.165, 1.54) is 4.80 Å². The van der Waals surface area contributed by atoms with Crippen molar-refractivity contribution in [2.24, 2.45) is 7.05 Å². The molecule has 0 radical (unpaired) electrons. The van der Waals surface area contributed by atoms with Crippen LogP contribution in [0.25, 0.3) is 11.4 Å². The van der Waals surface area contributed by atoms with Crippen LogP contribution in [0.5, 0.6) is 5.88 Å². The monoisotopic (exact) mass is 463 g/mol. The van der Waals surface area contributed by atoms with Crippen LogP contribution in [0.1, 0.15) is 48.5 Å². The lowest BCUT2D eigenvalue weighted by Crippen LogP contribution is -2.46. The van der Waals surface area contributed by atoms with E-state index in [1.54, 1.807) is 27.1 Å². The van der Waals surface area contributed by atoms with Gasteiger partial charge in [-0.2, -0.15) is 9.78 Å². The van der Waals surface area contributed by atoms with E-state index in [1.807, 2.05) is 18.7 Å². The van der Waals surface area contributed by atoms with Crippen LogP contribution in [0.2, 0.25) is 0 Å². The zero-order valence-corrected chi connectivity index (χ0v) is 20.2. The van der Waals surface area contributed by atoms with E-state index in [4.69, 9.17) is 9.72 Å². The predicted molar refractivity (Wildman–Crippen MR) is 124 cm³/mol. The molecule has 1 saturated heterocycles. The molecule has 2 atom stereocenters. The second-order valence-corrected chi connectivity index (χ2v) is 9.25. The first kappa shape index (κ1) is 22.2. The van der Waals surface area contributed by atoms with Crippen LogP contribution in [0.4, 0.5) is 5.82 Å². The van der Waals surface area contributed by atoms with Crippen molar-refractivity contribution in [1.29, 1.82) is 0 Å². The molecule has 0 aliphatic carbocycles. The van der Waals surface area contributed by atoms with Crippen LogP contribution < -0.4 is 10.1 Å². The van der Waals surface area contributed by atoms with Crippen molar-refractivity contribution in [3.8, 4) is 17.3 Å². The number of amides is 1. The minimum atomic E-state index is -0.371. The van der Waals surface area contributed by atoms with Crippen molar-refractivity contribution in [3.63, 3.8) is 0 Å². The third-order valence-corrected chi connectivity index (χ3v) is 6.82. The minimum absolute atomic E-state index is 0.0674. The van der Waals surface area contributed by atoms with Gasteiger partial charge in [0.25, 0.3) is 0 Å². The van der Waals surface area contributed by atoms with Crippen LogP contribution in [0, 0.1) is 13.8 Å². The van der Waals surface area contributed by atoms with Gasteiger partial charge in [0.15, 0.2) is 0 Å². The van der Waals surface area contributed by atoms with Gasteiger partial charge in [0.1, 0.15) is 11.6 Å². The number of fused-ring (bicyclic) bond motifs is 1. The first-order valence-electron chi connectivity index (χ1n) is 11.5. The topological polar surface area (TPSA) is 124 Å². The number of pyridine rings is 1. The van der Waals surface area contributed by atoms with E-state index in [0.717, 1.165) is 41.9 Å². The Kier molecular flexibility index (Phi) is 5.41. The highest BCUT2D eigenvalue weighted by atomic mass is 16.5. The fraction of sp³-hybridized carbons (Fsp3) is 0.522. The quantitative estimate of drug-likeness (QED) is 0.617. The molecule has 2 aliphatic heterocycles. The number of hydrogen-bond donors (Lipinski definition) is 1. The molecule has 0 saturated carbocycles. The largest absolute Gasteiger partial charge is 0.481 e. The molecule has 0 unspecified atom stereocenters. The van der Waals surface area contributed by atoms with E-state index >= 15 is 0 Å². The molecule has 5 rings (SSSR count). The molecule has 0 bridgehead atoms. The standard InChI is InChI=1S/C23H29N9O2/c1-13(18-11-19(34-5)26-15(3)25-18)22(33)32-9-8-23(12-32)7-6-16-10-17(14(2)24-20(16)27-23)21-28-30-31(4)29-21/h10-11,13H,6-9,12H2,1-5H3,(H,24,27)/t13-,23-/m0/s1. The van der Waals surface area contributed by atoms with Crippen LogP contribution >= 0.6 is 0 Å². The van der Waals surface area contributed by atoms with Gasteiger partial charge in [-0.15, -0.1) is 10.2 Å². The summed E-state index contributed by atoms with van der Waals surface area (Å²) >= 11 is 0. The lowest BCUT2D eigenvalue weighted by atomic mass is 9.86. The summed E-state index contributed by atoms with van der Waals surface area (Å²) in [7, 11) is 3.32. The number of carbonyl (C=O) groups is 1. The second-order valence-electron chi connectivity index (χ2n) is 9.25. The number of methoxy groups -OCH3 is 1. The average Bonchev–Trinajstić information content (AvgIpc) is 3.43. The molecule has 5 heterocycles. The predicted octanol–water partition coefficient (Wildman–Crippen LogP) is 1.82. The number of nitrogens with one attached hydrogen (secondary N) is 1. The first-order valence-corrected chi connectivity index (χ1v) is 11.5. The molecular weight excluding hydrogens is 434 g/mol. The molecule has 1 spiro atoms. The summed E-state index contributed by atoms with van der Waals surface area (Å²) in [5.74, 6) is 2.23. The number of likely N-dealkylation sites (tertiary alicyclic amines) is 1. The highest BCUT2D eigenvalue weighted by molar-refractivity contribution is 5.83. The van der Waals surface area contributed by atoms with Crippen LogP contribution in [-0.4, -0.2) is 71.7 Å². The maximum absolute atomic E-state index is 13.3. The third kappa shape index (κ3) is 3.95. The van der Waals surface area contributed by atoms with Crippen molar-refractivity contribution in [3.05, 3.63) is 34.9 Å². The molecule has 1 fully saturated rings. The molecule has 3 aromatic rings.